The Kier molecular flexibility index (Phi) is 4.62. The Labute approximate surface area is 121 Å². The van der Waals surface area contributed by atoms with Crippen molar-refractivity contribution in [3.8, 4) is 0 Å². The summed E-state index contributed by atoms with van der Waals surface area (Å²) in [5, 5.41) is 2.36. The Morgan fingerprint density at radius 3 is 2.80 bits per heavy atom. The number of carbonyl (C=O) groups excluding carboxylic acids is 1. The molecule has 0 spiro atoms. The molecule has 1 saturated heterocycles. The van der Waals surface area contributed by atoms with E-state index >= 15 is 0 Å². The van der Waals surface area contributed by atoms with E-state index in [0.717, 1.165) is 31.0 Å². The standard InChI is InChI=1S/C12H14ClFN2O3S/c13-9-7-8(4-5-10(9)14)20(18,19)16-11-3-1-2-6-15-12(11)17/h4-5,7,11,16H,1-3,6H2,(H,15,17). The number of hydrogen-bond donors (Lipinski definition) is 2. The van der Waals surface area contributed by atoms with Crippen molar-refractivity contribution in [3.63, 3.8) is 0 Å². The smallest absolute Gasteiger partial charge is 0.241 e. The molecule has 110 valence electrons. The van der Waals surface area contributed by atoms with Gasteiger partial charge in [-0.05, 0) is 37.5 Å². The molecule has 0 aromatic heterocycles. The lowest BCUT2D eigenvalue weighted by Gasteiger charge is -2.15. The monoisotopic (exact) mass is 320 g/mol. The van der Waals surface area contributed by atoms with E-state index in [9.17, 15) is 17.6 Å². The van der Waals surface area contributed by atoms with Gasteiger partial charge in [0.15, 0.2) is 0 Å². The molecule has 1 aliphatic heterocycles. The molecule has 0 bridgehead atoms. The highest BCUT2D eigenvalue weighted by atomic mass is 35.5. The second-order valence-electron chi connectivity index (χ2n) is 4.54. The Bertz CT molecular complexity index is 621. The maximum absolute atomic E-state index is 13.0. The van der Waals surface area contributed by atoms with Gasteiger partial charge in [-0.25, -0.2) is 12.8 Å². The quantitative estimate of drug-likeness (QED) is 0.884. The molecule has 1 unspecified atom stereocenters. The number of rotatable bonds is 3. The van der Waals surface area contributed by atoms with Crippen molar-refractivity contribution in [3.05, 3.63) is 29.0 Å². The summed E-state index contributed by atoms with van der Waals surface area (Å²) in [7, 11) is -3.91. The maximum atomic E-state index is 13.0. The molecule has 1 aromatic rings. The minimum Gasteiger partial charge on any atom is -0.355 e. The van der Waals surface area contributed by atoms with E-state index in [0.29, 0.717) is 13.0 Å². The molecule has 2 N–H and O–H groups in total. The van der Waals surface area contributed by atoms with Crippen LogP contribution in [0.5, 0.6) is 0 Å². The van der Waals surface area contributed by atoms with Gasteiger partial charge in [-0.1, -0.05) is 11.6 Å². The summed E-state index contributed by atoms with van der Waals surface area (Å²) in [6.07, 6.45) is 1.99. The predicted octanol–water partition coefficient (Wildman–Crippen LogP) is 1.43. The van der Waals surface area contributed by atoms with Gasteiger partial charge >= 0.3 is 0 Å². The van der Waals surface area contributed by atoms with Gasteiger partial charge in [0.25, 0.3) is 0 Å². The first kappa shape index (κ1) is 15.2. The van der Waals surface area contributed by atoms with Crippen LogP contribution in [0, 0.1) is 5.82 Å². The summed E-state index contributed by atoms with van der Waals surface area (Å²) in [5.41, 5.74) is 0. The predicted molar refractivity (Wildman–Crippen MR) is 72.4 cm³/mol. The third-order valence-electron chi connectivity index (χ3n) is 3.03. The molecular weight excluding hydrogens is 307 g/mol. The molecule has 1 atom stereocenters. The fraction of sp³-hybridized carbons (Fsp3) is 0.417. The molecule has 0 radical (unpaired) electrons. The second kappa shape index (κ2) is 6.07. The molecule has 8 heteroatoms. The van der Waals surface area contributed by atoms with Crippen molar-refractivity contribution < 1.29 is 17.6 Å². The van der Waals surface area contributed by atoms with Crippen LogP contribution in [0.25, 0.3) is 0 Å². The van der Waals surface area contributed by atoms with E-state index in [1.165, 1.54) is 0 Å². The van der Waals surface area contributed by atoms with Crippen LogP contribution < -0.4 is 10.0 Å². The number of amides is 1. The van der Waals surface area contributed by atoms with Gasteiger partial charge in [-0.3, -0.25) is 4.79 Å². The summed E-state index contributed by atoms with van der Waals surface area (Å²) in [4.78, 5) is 11.6. The van der Waals surface area contributed by atoms with Crippen LogP contribution in [0.2, 0.25) is 5.02 Å². The highest BCUT2D eigenvalue weighted by Gasteiger charge is 2.27. The van der Waals surface area contributed by atoms with Gasteiger partial charge in [0, 0.05) is 6.54 Å². The first-order chi connectivity index (χ1) is 9.40. The van der Waals surface area contributed by atoms with Crippen molar-refractivity contribution in [2.45, 2.75) is 30.2 Å². The molecule has 20 heavy (non-hydrogen) atoms. The minimum atomic E-state index is -3.91. The van der Waals surface area contributed by atoms with Crippen molar-refractivity contribution in [2.24, 2.45) is 0 Å². The first-order valence-corrected chi connectivity index (χ1v) is 8.01. The zero-order valence-corrected chi connectivity index (χ0v) is 12.1. The molecular formula is C12H14ClFN2O3S. The van der Waals surface area contributed by atoms with Crippen molar-refractivity contribution in [2.75, 3.05) is 6.54 Å². The topological polar surface area (TPSA) is 75.3 Å². The van der Waals surface area contributed by atoms with Crippen LogP contribution in [-0.2, 0) is 14.8 Å². The van der Waals surface area contributed by atoms with Crippen molar-refractivity contribution >= 4 is 27.5 Å². The summed E-state index contributed by atoms with van der Waals surface area (Å²) >= 11 is 5.57. The number of nitrogens with one attached hydrogen (secondary N) is 2. The molecule has 1 aliphatic rings. The summed E-state index contributed by atoms with van der Waals surface area (Å²) in [6.45, 7) is 0.541. The first-order valence-electron chi connectivity index (χ1n) is 6.15. The van der Waals surface area contributed by atoms with Crippen LogP contribution in [0.15, 0.2) is 23.1 Å². The molecule has 1 fully saturated rings. The van der Waals surface area contributed by atoms with Gasteiger partial charge in [0.2, 0.25) is 15.9 Å². The van der Waals surface area contributed by atoms with Gasteiger partial charge in [0.1, 0.15) is 11.9 Å². The molecule has 0 saturated carbocycles. The Morgan fingerprint density at radius 1 is 1.35 bits per heavy atom. The van der Waals surface area contributed by atoms with E-state index in [1.54, 1.807) is 0 Å². The Hall–Kier alpha value is -1.18. The Balaban J connectivity index is 2.21. The molecule has 1 heterocycles. The largest absolute Gasteiger partial charge is 0.355 e. The van der Waals surface area contributed by atoms with Crippen LogP contribution in [0.4, 0.5) is 4.39 Å². The number of sulfonamides is 1. The molecule has 5 nitrogen and oxygen atoms in total. The number of hydrogen-bond acceptors (Lipinski definition) is 3. The van der Waals surface area contributed by atoms with Gasteiger partial charge in [-0.15, -0.1) is 0 Å². The van der Waals surface area contributed by atoms with Crippen molar-refractivity contribution in [1.82, 2.24) is 10.0 Å². The van der Waals surface area contributed by atoms with Crippen molar-refractivity contribution in [1.29, 1.82) is 0 Å². The number of halogens is 2. The van der Waals surface area contributed by atoms with E-state index < -0.39 is 21.9 Å². The Morgan fingerprint density at radius 2 is 2.10 bits per heavy atom. The maximum Gasteiger partial charge on any atom is 0.241 e. The van der Waals surface area contributed by atoms with Gasteiger partial charge < -0.3 is 5.32 Å². The molecule has 2 rings (SSSR count). The minimum absolute atomic E-state index is 0.166. The lowest BCUT2D eigenvalue weighted by Crippen LogP contribution is -2.45. The third kappa shape index (κ3) is 3.47. The summed E-state index contributed by atoms with van der Waals surface area (Å²) in [5.74, 6) is -1.04. The van der Waals surface area contributed by atoms with E-state index in [4.69, 9.17) is 11.6 Å². The number of benzene rings is 1. The fourth-order valence-electron chi connectivity index (χ4n) is 1.95. The fourth-order valence-corrected chi connectivity index (χ4v) is 3.45. The molecule has 0 aliphatic carbocycles. The van der Waals surface area contributed by atoms with Gasteiger partial charge in [-0.2, -0.15) is 4.72 Å². The average molecular weight is 321 g/mol. The lowest BCUT2D eigenvalue weighted by atomic mass is 10.1. The molecule has 1 aromatic carbocycles. The highest BCUT2D eigenvalue weighted by Crippen LogP contribution is 2.20. The SMILES string of the molecule is O=C1NCCCCC1NS(=O)(=O)c1ccc(F)c(Cl)c1. The van der Waals surface area contributed by atoms with E-state index in [-0.39, 0.29) is 15.8 Å². The van der Waals surface area contributed by atoms with Crippen LogP contribution in [0.3, 0.4) is 0 Å². The van der Waals surface area contributed by atoms with E-state index in [1.807, 2.05) is 0 Å². The number of carbonyl (C=O) groups is 1. The van der Waals surface area contributed by atoms with E-state index in [2.05, 4.69) is 10.0 Å². The average Bonchev–Trinajstić information content (AvgIpc) is 2.58. The zero-order valence-electron chi connectivity index (χ0n) is 10.5. The lowest BCUT2D eigenvalue weighted by molar-refractivity contribution is -0.122. The second-order valence-corrected chi connectivity index (χ2v) is 6.66. The summed E-state index contributed by atoms with van der Waals surface area (Å²) in [6, 6.07) is 2.29. The highest BCUT2D eigenvalue weighted by molar-refractivity contribution is 7.89. The zero-order chi connectivity index (χ0) is 14.8. The van der Waals surface area contributed by atoms with Crippen LogP contribution in [0.1, 0.15) is 19.3 Å². The van der Waals surface area contributed by atoms with Gasteiger partial charge in [0.05, 0.1) is 9.92 Å². The van der Waals surface area contributed by atoms with Crippen LogP contribution in [-0.4, -0.2) is 26.9 Å². The molecule has 1 amide bonds. The summed E-state index contributed by atoms with van der Waals surface area (Å²) < 4.78 is 39.7. The third-order valence-corrected chi connectivity index (χ3v) is 4.79. The van der Waals surface area contributed by atoms with Crippen LogP contribution >= 0.6 is 11.6 Å². The normalized spacial score (nSPS) is 20.3.